The molecule has 1 spiro atoms. The second-order valence-electron chi connectivity index (χ2n) is 6.31. The fourth-order valence-electron chi connectivity index (χ4n) is 3.69. The first-order valence-electron chi connectivity index (χ1n) is 7.61. The molecule has 116 valence electrons. The normalized spacial score (nSPS) is 21.2. The summed E-state index contributed by atoms with van der Waals surface area (Å²) in [6.45, 7) is 0. The Morgan fingerprint density at radius 2 is 1.68 bits per heavy atom. The number of rotatable bonds is 2. The Kier molecular flexibility index (Phi) is 3.68. The second kappa shape index (κ2) is 5.51. The number of piperidine rings is 1. The van der Waals surface area contributed by atoms with E-state index in [0.717, 1.165) is 30.6 Å². The molecule has 0 unspecified atom stereocenters. The van der Waals surface area contributed by atoms with Crippen molar-refractivity contribution in [2.24, 2.45) is 5.41 Å². The molecule has 6 heteroatoms. The van der Waals surface area contributed by atoms with Crippen LogP contribution in [0, 0.1) is 15.5 Å². The minimum atomic E-state index is -0.523. The maximum Gasteiger partial charge on any atom is 0.271 e. The van der Waals surface area contributed by atoms with Gasteiger partial charge in [0.1, 0.15) is 0 Å². The van der Waals surface area contributed by atoms with E-state index in [1.165, 1.54) is 24.6 Å². The molecule has 2 aliphatic rings. The number of hydrogen-bond acceptors (Lipinski definition) is 4. The number of hydrogen-bond donors (Lipinski definition) is 0. The minimum absolute atomic E-state index is 0.115. The van der Waals surface area contributed by atoms with Gasteiger partial charge in [0.05, 0.1) is 10.6 Å². The van der Waals surface area contributed by atoms with E-state index < -0.39 is 4.92 Å². The zero-order valence-corrected chi connectivity index (χ0v) is 12.3. The Hall–Kier alpha value is -2.24. The quantitative estimate of drug-likeness (QED) is 0.477. The Balaban J connectivity index is 1.87. The molecular formula is C16H18N2O4. The number of nitrogens with zero attached hydrogens (tertiary/aromatic N) is 2. The van der Waals surface area contributed by atoms with E-state index in [2.05, 4.69) is 0 Å². The van der Waals surface area contributed by atoms with Gasteiger partial charge in [-0.2, -0.15) is 0 Å². The van der Waals surface area contributed by atoms with Crippen LogP contribution in [0.25, 0.3) is 0 Å². The molecule has 2 amide bonds. The summed E-state index contributed by atoms with van der Waals surface area (Å²) in [5.41, 5.74) is 0.00908. The third kappa shape index (κ3) is 2.61. The first-order valence-corrected chi connectivity index (χ1v) is 7.61. The van der Waals surface area contributed by atoms with Gasteiger partial charge in [-0.15, -0.1) is 0 Å². The molecule has 2 fully saturated rings. The standard InChI is InChI=1S/C16H18N2O4/c19-14-10-16(7-2-1-3-8-16)11-15(20)17(14)12-5-4-6-13(9-12)18(21)22/h4-6,9H,1-3,7-8,10-11H2. The highest BCUT2D eigenvalue weighted by Crippen LogP contribution is 2.46. The van der Waals surface area contributed by atoms with Gasteiger partial charge in [0, 0.05) is 25.0 Å². The lowest BCUT2D eigenvalue weighted by Gasteiger charge is -2.42. The Labute approximate surface area is 128 Å². The van der Waals surface area contributed by atoms with Crippen molar-refractivity contribution in [3.63, 3.8) is 0 Å². The van der Waals surface area contributed by atoms with Gasteiger partial charge >= 0.3 is 0 Å². The summed E-state index contributed by atoms with van der Waals surface area (Å²) < 4.78 is 0. The zero-order chi connectivity index (χ0) is 15.7. The van der Waals surface area contributed by atoms with Crippen molar-refractivity contribution in [2.45, 2.75) is 44.9 Å². The van der Waals surface area contributed by atoms with Crippen LogP contribution in [0.15, 0.2) is 24.3 Å². The highest BCUT2D eigenvalue weighted by Gasteiger charge is 2.44. The molecule has 1 heterocycles. The van der Waals surface area contributed by atoms with Crippen LogP contribution in [0.2, 0.25) is 0 Å². The number of anilines is 1. The molecule has 0 aromatic heterocycles. The van der Waals surface area contributed by atoms with Crippen LogP contribution in [0.4, 0.5) is 11.4 Å². The second-order valence-corrected chi connectivity index (χ2v) is 6.31. The average Bonchev–Trinajstić information content (AvgIpc) is 2.47. The molecule has 0 atom stereocenters. The van der Waals surface area contributed by atoms with Gasteiger partial charge in [-0.1, -0.05) is 25.3 Å². The van der Waals surface area contributed by atoms with Crippen LogP contribution < -0.4 is 4.90 Å². The van der Waals surface area contributed by atoms with Crippen LogP contribution in [0.1, 0.15) is 44.9 Å². The molecular weight excluding hydrogens is 284 g/mol. The lowest BCUT2D eigenvalue weighted by atomic mass is 9.67. The first kappa shape index (κ1) is 14.7. The maximum absolute atomic E-state index is 12.5. The predicted molar refractivity (Wildman–Crippen MR) is 80.3 cm³/mol. The van der Waals surface area contributed by atoms with Gasteiger partial charge < -0.3 is 0 Å². The van der Waals surface area contributed by atoms with Crippen LogP contribution in [-0.2, 0) is 9.59 Å². The van der Waals surface area contributed by atoms with Crippen molar-refractivity contribution in [2.75, 3.05) is 4.90 Å². The van der Waals surface area contributed by atoms with E-state index in [1.807, 2.05) is 0 Å². The molecule has 1 saturated carbocycles. The molecule has 3 rings (SSSR count). The lowest BCUT2D eigenvalue weighted by Crippen LogP contribution is -2.48. The van der Waals surface area contributed by atoms with Crippen molar-refractivity contribution >= 4 is 23.2 Å². The van der Waals surface area contributed by atoms with Gasteiger partial charge in [0.25, 0.3) is 5.69 Å². The third-order valence-electron chi connectivity index (χ3n) is 4.76. The molecule has 0 N–H and O–H groups in total. The number of non-ortho nitro benzene ring substituents is 1. The Bertz CT molecular complexity index is 615. The fraction of sp³-hybridized carbons (Fsp3) is 0.500. The fourth-order valence-corrected chi connectivity index (χ4v) is 3.69. The summed E-state index contributed by atoms with van der Waals surface area (Å²) >= 11 is 0. The summed E-state index contributed by atoms with van der Waals surface area (Å²) in [7, 11) is 0. The van der Waals surface area contributed by atoms with Crippen molar-refractivity contribution in [1.29, 1.82) is 0 Å². The van der Waals surface area contributed by atoms with Gasteiger partial charge in [-0.05, 0) is 24.3 Å². The molecule has 1 aliphatic carbocycles. The molecule has 6 nitrogen and oxygen atoms in total. The number of nitro benzene ring substituents is 1. The third-order valence-corrected chi connectivity index (χ3v) is 4.76. The summed E-state index contributed by atoms with van der Waals surface area (Å²) in [5.74, 6) is -0.475. The first-order chi connectivity index (χ1) is 10.5. The van der Waals surface area contributed by atoms with Gasteiger partial charge in [0.15, 0.2) is 0 Å². The number of amides is 2. The lowest BCUT2D eigenvalue weighted by molar-refractivity contribution is -0.384. The largest absolute Gasteiger partial charge is 0.274 e. The molecule has 0 radical (unpaired) electrons. The number of nitro groups is 1. The van der Waals surface area contributed by atoms with Crippen LogP contribution >= 0.6 is 0 Å². The van der Waals surface area contributed by atoms with Gasteiger partial charge in [-0.3, -0.25) is 24.6 Å². The highest BCUT2D eigenvalue weighted by molar-refractivity contribution is 6.17. The highest BCUT2D eigenvalue weighted by atomic mass is 16.6. The maximum atomic E-state index is 12.5. The Morgan fingerprint density at radius 3 is 2.27 bits per heavy atom. The molecule has 1 aromatic carbocycles. The summed E-state index contributed by atoms with van der Waals surface area (Å²) in [6, 6.07) is 5.71. The summed E-state index contributed by atoms with van der Waals surface area (Å²) in [4.78, 5) is 36.4. The topological polar surface area (TPSA) is 80.5 Å². The molecule has 1 aromatic rings. The Morgan fingerprint density at radius 1 is 1.05 bits per heavy atom. The predicted octanol–water partition coefficient (Wildman–Crippen LogP) is 3.20. The number of carbonyl (C=O) groups is 2. The molecule has 0 bridgehead atoms. The number of benzene rings is 1. The van der Waals surface area contributed by atoms with Gasteiger partial charge in [0.2, 0.25) is 11.8 Å². The smallest absolute Gasteiger partial charge is 0.271 e. The molecule has 22 heavy (non-hydrogen) atoms. The van der Waals surface area contributed by atoms with Crippen LogP contribution in [0.3, 0.4) is 0 Å². The average molecular weight is 302 g/mol. The van der Waals surface area contributed by atoms with E-state index in [1.54, 1.807) is 6.07 Å². The van der Waals surface area contributed by atoms with Crippen molar-refractivity contribution in [3.05, 3.63) is 34.4 Å². The summed E-state index contributed by atoms with van der Waals surface area (Å²) in [5, 5.41) is 10.9. The van der Waals surface area contributed by atoms with Crippen molar-refractivity contribution < 1.29 is 14.5 Å². The number of carbonyl (C=O) groups excluding carboxylic acids is 2. The van der Waals surface area contributed by atoms with E-state index in [9.17, 15) is 19.7 Å². The van der Waals surface area contributed by atoms with Crippen LogP contribution in [-0.4, -0.2) is 16.7 Å². The van der Waals surface area contributed by atoms with Crippen molar-refractivity contribution in [1.82, 2.24) is 0 Å². The molecule has 1 saturated heterocycles. The van der Waals surface area contributed by atoms with E-state index in [4.69, 9.17) is 0 Å². The van der Waals surface area contributed by atoms with Crippen molar-refractivity contribution in [3.8, 4) is 0 Å². The van der Waals surface area contributed by atoms with E-state index >= 15 is 0 Å². The van der Waals surface area contributed by atoms with E-state index in [0.29, 0.717) is 18.5 Å². The zero-order valence-electron chi connectivity index (χ0n) is 12.3. The SMILES string of the molecule is O=C1CC2(CCCCC2)CC(=O)N1c1cccc([N+](=O)[O-])c1. The van der Waals surface area contributed by atoms with Crippen LogP contribution in [0.5, 0.6) is 0 Å². The molecule has 1 aliphatic heterocycles. The summed E-state index contributed by atoms with van der Waals surface area (Å²) in [6.07, 6.45) is 5.87. The monoisotopic (exact) mass is 302 g/mol. The van der Waals surface area contributed by atoms with Gasteiger partial charge in [-0.25, -0.2) is 0 Å². The number of imide groups is 1. The van der Waals surface area contributed by atoms with E-state index in [-0.39, 0.29) is 22.9 Å². The minimum Gasteiger partial charge on any atom is -0.274 e.